The van der Waals surface area contributed by atoms with Gasteiger partial charge in [-0.15, -0.1) is 0 Å². The Morgan fingerprint density at radius 2 is 1.23 bits per heavy atom. The molecule has 0 aromatic heterocycles. The van der Waals surface area contributed by atoms with Gasteiger partial charge in [-0.1, -0.05) is 79.7 Å². The van der Waals surface area contributed by atoms with Crippen LogP contribution in [0.4, 0.5) is 0 Å². The molecular formula is C26H18. The van der Waals surface area contributed by atoms with Gasteiger partial charge >= 0.3 is 0 Å². The van der Waals surface area contributed by atoms with Crippen molar-refractivity contribution in [2.75, 3.05) is 0 Å². The van der Waals surface area contributed by atoms with E-state index in [0.29, 0.717) is 5.92 Å². The average Bonchev–Trinajstić information content (AvgIpc) is 3.03. The fourth-order valence-electron chi connectivity index (χ4n) is 4.75. The molecule has 1 aliphatic carbocycles. The number of rotatable bonds is 1. The van der Waals surface area contributed by atoms with Crippen molar-refractivity contribution in [2.24, 2.45) is 0 Å². The normalized spacial score (nSPS) is 16.5. The molecule has 0 spiro atoms. The van der Waals surface area contributed by atoms with Gasteiger partial charge in [-0.25, -0.2) is 0 Å². The predicted molar refractivity (Wildman–Crippen MR) is 113 cm³/mol. The van der Waals surface area contributed by atoms with E-state index < -0.39 is 0 Å². The van der Waals surface area contributed by atoms with Crippen LogP contribution in [0.15, 0.2) is 78.9 Å². The van der Waals surface area contributed by atoms with Crippen LogP contribution >= 0.6 is 0 Å². The van der Waals surface area contributed by atoms with Crippen LogP contribution in [0.3, 0.4) is 0 Å². The quantitative estimate of drug-likeness (QED) is 0.284. The van der Waals surface area contributed by atoms with E-state index in [-0.39, 0.29) is 0 Å². The van der Waals surface area contributed by atoms with Crippen molar-refractivity contribution in [2.45, 2.75) is 12.8 Å². The van der Waals surface area contributed by atoms with Crippen LogP contribution in [0.1, 0.15) is 29.5 Å². The zero-order valence-corrected chi connectivity index (χ0v) is 14.7. The first-order valence-corrected chi connectivity index (χ1v) is 9.28. The van der Waals surface area contributed by atoms with Crippen LogP contribution in [0.5, 0.6) is 0 Å². The molecule has 5 aromatic carbocycles. The molecule has 1 aliphatic rings. The maximum atomic E-state index is 2.38. The molecule has 0 N–H and O–H groups in total. The molecule has 0 bridgehead atoms. The van der Waals surface area contributed by atoms with Gasteiger partial charge in [0, 0.05) is 5.92 Å². The maximum Gasteiger partial charge on any atom is 0.00730 e. The lowest BCUT2D eigenvalue weighted by atomic mass is 9.88. The Balaban J connectivity index is 1.65. The summed E-state index contributed by atoms with van der Waals surface area (Å²) in [6.07, 6.45) is 2.37. The lowest BCUT2D eigenvalue weighted by Crippen LogP contribution is -1.94. The molecule has 1 atom stereocenters. The molecule has 122 valence electrons. The first-order chi connectivity index (χ1) is 12.8. The van der Waals surface area contributed by atoms with E-state index in [9.17, 15) is 0 Å². The summed E-state index contributed by atoms with van der Waals surface area (Å²) in [4.78, 5) is 0. The second kappa shape index (κ2) is 4.95. The molecular weight excluding hydrogens is 312 g/mol. The molecule has 0 fully saturated rings. The molecule has 0 saturated heterocycles. The third-order valence-electron chi connectivity index (χ3n) is 6.04. The summed E-state index contributed by atoms with van der Waals surface area (Å²) in [6.45, 7) is 2.32. The second-order valence-electron chi connectivity index (χ2n) is 7.46. The topological polar surface area (TPSA) is 0 Å². The first kappa shape index (κ1) is 14.1. The van der Waals surface area contributed by atoms with Gasteiger partial charge in [0.2, 0.25) is 0 Å². The van der Waals surface area contributed by atoms with E-state index in [1.54, 1.807) is 0 Å². The maximum absolute atomic E-state index is 2.38. The number of allylic oxidation sites excluding steroid dienone is 1. The molecule has 0 saturated carbocycles. The average molecular weight is 330 g/mol. The molecule has 0 heterocycles. The molecule has 6 rings (SSSR count). The van der Waals surface area contributed by atoms with Gasteiger partial charge in [0.1, 0.15) is 0 Å². The molecule has 26 heavy (non-hydrogen) atoms. The lowest BCUT2D eigenvalue weighted by molar-refractivity contribution is 1.01. The molecule has 0 heteroatoms. The minimum absolute atomic E-state index is 0.444. The Hall–Kier alpha value is -3.12. The molecule has 0 aliphatic heterocycles. The zero-order chi connectivity index (χ0) is 17.3. The smallest absolute Gasteiger partial charge is 0.00730 e. The van der Waals surface area contributed by atoms with Gasteiger partial charge in [0.15, 0.2) is 0 Å². The van der Waals surface area contributed by atoms with Gasteiger partial charge < -0.3 is 0 Å². The third kappa shape index (κ3) is 1.79. The van der Waals surface area contributed by atoms with E-state index in [1.807, 2.05) is 0 Å². The minimum atomic E-state index is 0.444. The van der Waals surface area contributed by atoms with E-state index in [0.717, 1.165) is 0 Å². The van der Waals surface area contributed by atoms with Gasteiger partial charge in [-0.2, -0.15) is 0 Å². The summed E-state index contributed by atoms with van der Waals surface area (Å²) < 4.78 is 0. The van der Waals surface area contributed by atoms with Gasteiger partial charge in [0.05, 0.1) is 0 Å². The predicted octanol–water partition coefficient (Wildman–Crippen LogP) is 7.24. The standard InChI is InChI=1S/C26H18/c1-16-23-8-3-2-5-19(23)15-24(16)22-13-20-11-9-17-6-4-7-18-10-12-21(14-22)26(20)25(17)18/h2-16H,1H3. The van der Waals surface area contributed by atoms with Crippen LogP contribution < -0.4 is 0 Å². The summed E-state index contributed by atoms with van der Waals surface area (Å²) >= 11 is 0. The molecule has 1 unspecified atom stereocenters. The summed E-state index contributed by atoms with van der Waals surface area (Å²) in [7, 11) is 0. The third-order valence-corrected chi connectivity index (χ3v) is 6.04. The Morgan fingerprint density at radius 3 is 1.92 bits per heavy atom. The lowest BCUT2D eigenvalue weighted by Gasteiger charge is -2.15. The second-order valence-corrected chi connectivity index (χ2v) is 7.46. The highest BCUT2D eigenvalue weighted by Crippen LogP contribution is 2.44. The fraction of sp³-hybridized carbons (Fsp3) is 0.0769. The van der Waals surface area contributed by atoms with E-state index in [2.05, 4.69) is 91.9 Å². The highest BCUT2D eigenvalue weighted by molar-refractivity contribution is 6.23. The van der Waals surface area contributed by atoms with Crippen molar-refractivity contribution in [3.63, 3.8) is 0 Å². The van der Waals surface area contributed by atoms with Crippen LogP contribution in [0.25, 0.3) is 44.0 Å². The van der Waals surface area contributed by atoms with E-state index >= 15 is 0 Å². The molecule has 0 amide bonds. The summed E-state index contributed by atoms with van der Waals surface area (Å²) in [6, 6.07) is 29.2. The monoisotopic (exact) mass is 330 g/mol. The number of hydrogen-bond acceptors (Lipinski definition) is 0. The van der Waals surface area contributed by atoms with Crippen molar-refractivity contribution in [3.8, 4) is 0 Å². The van der Waals surface area contributed by atoms with Gasteiger partial charge in [-0.3, -0.25) is 0 Å². The van der Waals surface area contributed by atoms with Crippen LogP contribution in [0, 0.1) is 0 Å². The highest BCUT2D eigenvalue weighted by Gasteiger charge is 2.22. The Morgan fingerprint density at radius 1 is 0.615 bits per heavy atom. The van der Waals surface area contributed by atoms with Gasteiger partial charge in [0.25, 0.3) is 0 Å². The number of hydrogen-bond donors (Lipinski definition) is 0. The summed E-state index contributed by atoms with van der Waals surface area (Å²) in [5.74, 6) is 0.444. The zero-order valence-electron chi connectivity index (χ0n) is 14.7. The number of benzene rings is 5. The Kier molecular flexibility index (Phi) is 2.69. The summed E-state index contributed by atoms with van der Waals surface area (Å²) in [5, 5.41) is 8.12. The minimum Gasteiger partial charge on any atom is -0.0619 e. The molecule has 5 aromatic rings. The molecule has 0 nitrogen and oxygen atoms in total. The summed E-state index contributed by atoms with van der Waals surface area (Å²) in [5.41, 5.74) is 5.57. The van der Waals surface area contributed by atoms with Crippen molar-refractivity contribution in [1.29, 1.82) is 0 Å². The van der Waals surface area contributed by atoms with Crippen molar-refractivity contribution < 1.29 is 0 Å². The van der Waals surface area contributed by atoms with Gasteiger partial charge in [-0.05, 0) is 66.7 Å². The van der Waals surface area contributed by atoms with Crippen LogP contribution in [0.2, 0.25) is 0 Å². The highest BCUT2D eigenvalue weighted by atomic mass is 14.3. The van der Waals surface area contributed by atoms with E-state index in [1.165, 1.54) is 54.6 Å². The largest absolute Gasteiger partial charge is 0.0619 e. The number of fused-ring (bicyclic) bond motifs is 1. The SMILES string of the molecule is CC1C(c2cc3ccc4cccc5ccc(c2)c3c45)=Cc2ccccc21. The van der Waals surface area contributed by atoms with Crippen LogP contribution in [-0.4, -0.2) is 0 Å². The first-order valence-electron chi connectivity index (χ1n) is 9.28. The Labute approximate surface area is 152 Å². The Bertz CT molecular complexity index is 1270. The van der Waals surface area contributed by atoms with E-state index in [4.69, 9.17) is 0 Å². The fourth-order valence-corrected chi connectivity index (χ4v) is 4.75. The van der Waals surface area contributed by atoms with Crippen molar-refractivity contribution >= 4 is 44.0 Å². The van der Waals surface area contributed by atoms with Crippen LogP contribution in [-0.2, 0) is 0 Å². The molecule has 0 radical (unpaired) electrons. The van der Waals surface area contributed by atoms with Crippen molar-refractivity contribution in [1.82, 2.24) is 0 Å². The van der Waals surface area contributed by atoms with Crippen molar-refractivity contribution in [3.05, 3.63) is 95.6 Å².